The summed E-state index contributed by atoms with van der Waals surface area (Å²) in [6, 6.07) is 8.23. The van der Waals surface area contributed by atoms with E-state index in [1.54, 1.807) is 0 Å². The molecule has 1 N–H and O–H groups in total. The van der Waals surface area contributed by atoms with Gasteiger partial charge in [-0.05, 0) is 24.5 Å². The molecule has 0 saturated carbocycles. The number of aromatic amines is 1. The normalized spacial score (nSPS) is 13.0. The lowest BCUT2D eigenvalue weighted by Crippen LogP contribution is -2.02. The lowest BCUT2D eigenvalue weighted by molar-refractivity contribution is 0.499. The second-order valence-corrected chi connectivity index (χ2v) is 5.80. The predicted molar refractivity (Wildman–Crippen MR) is 80.1 cm³/mol. The standard InChI is InChI=1S/C15H22N2S/c1-3-5-8-12(4-2)11-18-15-16-13-9-6-7-10-14(13)17-15/h6-7,9-10,12H,3-5,8,11H2,1-2H3,(H,16,17). The van der Waals surface area contributed by atoms with Crippen LogP contribution in [0.1, 0.15) is 39.5 Å². The molecule has 0 fully saturated rings. The van der Waals surface area contributed by atoms with Crippen molar-refractivity contribution in [2.75, 3.05) is 5.75 Å². The van der Waals surface area contributed by atoms with E-state index in [0.29, 0.717) is 0 Å². The Morgan fingerprint density at radius 1 is 1.28 bits per heavy atom. The minimum Gasteiger partial charge on any atom is -0.333 e. The molecule has 0 bridgehead atoms. The molecular formula is C15H22N2S. The molecule has 1 unspecified atom stereocenters. The number of nitrogens with one attached hydrogen (secondary N) is 1. The maximum absolute atomic E-state index is 4.61. The molecule has 98 valence electrons. The van der Waals surface area contributed by atoms with Gasteiger partial charge in [0.15, 0.2) is 5.16 Å². The van der Waals surface area contributed by atoms with Gasteiger partial charge < -0.3 is 4.98 Å². The molecule has 2 nitrogen and oxygen atoms in total. The van der Waals surface area contributed by atoms with Gasteiger partial charge in [0.2, 0.25) is 0 Å². The first-order valence-electron chi connectivity index (χ1n) is 6.91. The number of fused-ring (bicyclic) bond motifs is 1. The van der Waals surface area contributed by atoms with Gasteiger partial charge in [-0.2, -0.15) is 0 Å². The van der Waals surface area contributed by atoms with Crippen LogP contribution in [0.5, 0.6) is 0 Å². The zero-order valence-corrected chi connectivity index (χ0v) is 12.1. The van der Waals surface area contributed by atoms with E-state index in [1.165, 1.54) is 31.4 Å². The SMILES string of the molecule is CCCCC(CC)CSc1nc2ccccc2[nH]1. The fourth-order valence-corrected chi connectivity index (χ4v) is 3.23. The van der Waals surface area contributed by atoms with Gasteiger partial charge in [0.25, 0.3) is 0 Å². The highest BCUT2D eigenvalue weighted by Crippen LogP contribution is 2.24. The Bertz CT molecular complexity index is 445. The lowest BCUT2D eigenvalue weighted by atomic mass is 10.0. The van der Waals surface area contributed by atoms with Crippen molar-refractivity contribution in [3.63, 3.8) is 0 Å². The number of H-pyrrole nitrogens is 1. The number of benzene rings is 1. The van der Waals surface area contributed by atoms with Gasteiger partial charge in [-0.3, -0.25) is 0 Å². The number of unbranched alkanes of at least 4 members (excludes halogenated alkanes) is 1. The van der Waals surface area contributed by atoms with Crippen LogP contribution in [0.4, 0.5) is 0 Å². The molecule has 2 aromatic rings. The zero-order valence-electron chi connectivity index (χ0n) is 11.3. The van der Waals surface area contributed by atoms with E-state index in [9.17, 15) is 0 Å². The summed E-state index contributed by atoms with van der Waals surface area (Å²) in [6.45, 7) is 4.55. The van der Waals surface area contributed by atoms with Crippen LogP contribution in [-0.2, 0) is 0 Å². The number of hydrogen-bond donors (Lipinski definition) is 1. The van der Waals surface area contributed by atoms with Crippen LogP contribution in [0.2, 0.25) is 0 Å². The molecule has 3 heteroatoms. The molecule has 0 aliphatic rings. The Morgan fingerprint density at radius 2 is 2.11 bits per heavy atom. The molecule has 18 heavy (non-hydrogen) atoms. The first-order chi connectivity index (χ1) is 8.83. The van der Waals surface area contributed by atoms with Crippen molar-refractivity contribution in [3.8, 4) is 0 Å². The molecule has 1 aromatic heterocycles. The summed E-state index contributed by atoms with van der Waals surface area (Å²) in [7, 11) is 0. The quantitative estimate of drug-likeness (QED) is 0.721. The maximum atomic E-state index is 4.61. The summed E-state index contributed by atoms with van der Waals surface area (Å²) in [6.07, 6.45) is 5.26. The highest BCUT2D eigenvalue weighted by Gasteiger charge is 2.08. The van der Waals surface area contributed by atoms with Crippen molar-refractivity contribution >= 4 is 22.8 Å². The number of para-hydroxylation sites is 2. The number of rotatable bonds is 7. The Labute approximate surface area is 114 Å². The molecule has 2 rings (SSSR count). The van der Waals surface area contributed by atoms with Crippen LogP contribution in [0.15, 0.2) is 29.4 Å². The van der Waals surface area contributed by atoms with Gasteiger partial charge in [0.1, 0.15) is 0 Å². The first kappa shape index (κ1) is 13.5. The van der Waals surface area contributed by atoms with Gasteiger partial charge >= 0.3 is 0 Å². The Kier molecular flexibility index (Phi) is 5.12. The van der Waals surface area contributed by atoms with Crippen molar-refractivity contribution in [1.82, 2.24) is 9.97 Å². The monoisotopic (exact) mass is 262 g/mol. The molecule has 0 spiro atoms. The van der Waals surface area contributed by atoms with E-state index in [0.717, 1.165) is 22.1 Å². The highest BCUT2D eigenvalue weighted by molar-refractivity contribution is 7.99. The predicted octanol–water partition coefficient (Wildman–Crippen LogP) is 4.87. The van der Waals surface area contributed by atoms with Crippen molar-refractivity contribution < 1.29 is 0 Å². The summed E-state index contributed by atoms with van der Waals surface area (Å²) in [5.74, 6) is 2.00. The van der Waals surface area contributed by atoms with E-state index in [1.807, 2.05) is 23.9 Å². The van der Waals surface area contributed by atoms with Gasteiger partial charge in [-0.25, -0.2) is 4.98 Å². The summed E-state index contributed by atoms with van der Waals surface area (Å²) < 4.78 is 0. The van der Waals surface area contributed by atoms with Crippen LogP contribution in [0, 0.1) is 5.92 Å². The van der Waals surface area contributed by atoms with Crippen LogP contribution < -0.4 is 0 Å². The van der Waals surface area contributed by atoms with E-state index < -0.39 is 0 Å². The van der Waals surface area contributed by atoms with E-state index in [-0.39, 0.29) is 0 Å². The number of imidazole rings is 1. The van der Waals surface area contributed by atoms with E-state index in [2.05, 4.69) is 35.9 Å². The van der Waals surface area contributed by atoms with Crippen molar-refractivity contribution in [1.29, 1.82) is 0 Å². The lowest BCUT2D eigenvalue weighted by Gasteiger charge is -2.12. The van der Waals surface area contributed by atoms with E-state index in [4.69, 9.17) is 0 Å². The maximum Gasteiger partial charge on any atom is 0.166 e. The molecule has 0 radical (unpaired) electrons. The number of hydrogen-bond acceptors (Lipinski definition) is 2. The Hall–Kier alpha value is -0.960. The average molecular weight is 262 g/mol. The van der Waals surface area contributed by atoms with Crippen LogP contribution >= 0.6 is 11.8 Å². The summed E-state index contributed by atoms with van der Waals surface area (Å²) in [4.78, 5) is 7.99. The fraction of sp³-hybridized carbons (Fsp3) is 0.533. The van der Waals surface area contributed by atoms with Crippen LogP contribution in [-0.4, -0.2) is 15.7 Å². The third-order valence-electron chi connectivity index (χ3n) is 3.37. The van der Waals surface area contributed by atoms with Crippen molar-refractivity contribution in [2.24, 2.45) is 5.92 Å². The largest absolute Gasteiger partial charge is 0.333 e. The zero-order chi connectivity index (χ0) is 12.8. The van der Waals surface area contributed by atoms with Gasteiger partial charge in [-0.1, -0.05) is 57.0 Å². The molecule has 0 saturated heterocycles. The molecule has 0 aliphatic heterocycles. The summed E-state index contributed by atoms with van der Waals surface area (Å²) in [5.41, 5.74) is 2.21. The number of thioether (sulfide) groups is 1. The number of aromatic nitrogens is 2. The highest BCUT2D eigenvalue weighted by atomic mass is 32.2. The molecule has 1 heterocycles. The molecule has 1 aromatic carbocycles. The minimum absolute atomic E-state index is 0.822. The minimum atomic E-state index is 0.822. The molecule has 0 amide bonds. The molecular weight excluding hydrogens is 240 g/mol. The van der Waals surface area contributed by atoms with Gasteiger partial charge in [0, 0.05) is 5.75 Å². The molecule has 0 aliphatic carbocycles. The van der Waals surface area contributed by atoms with Crippen molar-refractivity contribution in [2.45, 2.75) is 44.7 Å². The Morgan fingerprint density at radius 3 is 2.83 bits per heavy atom. The second kappa shape index (κ2) is 6.83. The van der Waals surface area contributed by atoms with E-state index >= 15 is 0 Å². The topological polar surface area (TPSA) is 28.7 Å². The fourth-order valence-electron chi connectivity index (χ4n) is 2.09. The summed E-state index contributed by atoms with van der Waals surface area (Å²) in [5, 5.41) is 1.06. The first-order valence-corrected chi connectivity index (χ1v) is 7.89. The van der Waals surface area contributed by atoms with Gasteiger partial charge in [-0.15, -0.1) is 0 Å². The Balaban J connectivity index is 1.92. The van der Waals surface area contributed by atoms with Gasteiger partial charge in [0.05, 0.1) is 11.0 Å². The third-order valence-corrected chi connectivity index (χ3v) is 4.47. The van der Waals surface area contributed by atoms with Crippen LogP contribution in [0.25, 0.3) is 11.0 Å². The number of nitrogens with zero attached hydrogens (tertiary/aromatic N) is 1. The average Bonchev–Trinajstić information content (AvgIpc) is 2.81. The van der Waals surface area contributed by atoms with Crippen LogP contribution in [0.3, 0.4) is 0 Å². The molecule has 1 atom stereocenters. The summed E-state index contributed by atoms with van der Waals surface area (Å²) >= 11 is 1.86. The van der Waals surface area contributed by atoms with Crippen molar-refractivity contribution in [3.05, 3.63) is 24.3 Å². The second-order valence-electron chi connectivity index (χ2n) is 4.79. The third kappa shape index (κ3) is 3.52. The smallest absolute Gasteiger partial charge is 0.166 e.